The summed E-state index contributed by atoms with van der Waals surface area (Å²) in [6, 6.07) is -0.584. The lowest BCUT2D eigenvalue weighted by Crippen LogP contribution is -2.22. The molecule has 2 unspecified atom stereocenters. The molecule has 1 aliphatic rings. The molecule has 0 aromatic carbocycles. The molecule has 23 heavy (non-hydrogen) atoms. The van der Waals surface area contributed by atoms with Crippen LogP contribution in [0.4, 0.5) is 0 Å². The van der Waals surface area contributed by atoms with Gasteiger partial charge in [0.2, 0.25) is 6.04 Å². The summed E-state index contributed by atoms with van der Waals surface area (Å²) in [4.78, 5) is 32.7. The summed E-state index contributed by atoms with van der Waals surface area (Å²) in [5.74, 6) is -0.908. The fraction of sp³-hybridized carbons (Fsp3) is 0.500. The van der Waals surface area contributed by atoms with Crippen LogP contribution in [0.25, 0.3) is 0 Å². The van der Waals surface area contributed by atoms with Gasteiger partial charge in [0.25, 0.3) is 0 Å². The van der Waals surface area contributed by atoms with E-state index in [0.29, 0.717) is 19.3 Å². The van der Waals surface area contributed by atoms with E-state index in [0.717, 1.165) is 5.57 Å². The predicted molar refractivity (Wildman–Crippen MR) is 83.2 cm³/mol. The van der Waals surface area contributed by atoms with Gasteiger partial charge in [-0.15, -0.1) is 0 Å². The Kier molecular flexibility index (Phi) is 7.73. The van der Waals surface area contributed by atoms with Gasteiger partial charge in [-0.1, -0.05) is 12.2 Å². The summed E-state index contributed by atoms with van der Waals surface area (Å²) in [6.07, 6.45) is 8.95. The van der Waals surface area contributed by atoms with Crippen LogP contribution in [-0.2, 0) is 19.1 Å². The molecule has 0 amide bonds. The van der Waals surface area contributed by atoms with Gasteiger partial charge in [0.05, 0.1) is 0 Å². The number of nitrogens with zero attached hydrogens (tertiary/aromatic N) is 1. The Labute approximate surface area is 134 Å². The lowest BCUT2D eigenvalue weighted by atomic mass is 9.95. The molecule has 0 spiro atoms. The van der Waals surface area contributed by atoms with E-state index in [1.54, 1.807) is 25.2 Å². The molecule has 0 N–H and O–H groups in total. The van der Waals surface area contributed by atoms with Crippen molar-refractivity contribution in [1.82, 2.24) is 0 Å². The van der Waals surface area contributed by atoms with Crippen molar-refractivity contribution in [3.05, 3.63) is 46.1 Å². The molecule has 0 heterocycles. The van der Waals surface area contributed by atoms with Crippen LogP contribution < -0.4 is 0 Å². The van der Waals surface area contributed by atoms with Crippen LogP contribution in [0.2, 0.25) is 0 Å². The van der Waals surface area contributed by atoms with E-state index >= 15 is 0 Å². The van der Waals surface area contributed by atoms with Crippen LogP contribution in [0, 0.1) is 10.1 Å². The number of ether oxygens (including phenoxy) is 2. The van der Waals surface area contributed by atoms with Crippen LogP contribution in [0.3, 0.4) is 0 Å². The minimum Gasteiger partial charge on any atom is -0.462 e. The minimum absolute atomic E-state index is 0.127. The number of rotatable bonds is 7. The van der Waals surface area contributed by atoms with Crippen LogP contribution in [0.15, 0.2) is 36.0 Å². The van der Waals surface area contributed by atoms with Gasteiger partial charge in [0.1, 0.15) is 12.7 Å². The second-order valence-electron chi connectivity index (χ2n) is 5.21. The van der Waals surface area contributed by atoms with Crippen LogP contribution in [-0.4, -0.2) is 35.6 Å². The molecular weight excluding hydrogens is 302 g/mol. The van der Waals surface area contributed by atoms with Crippen molar-refractivity contribution >= 4 is 11.9 Å². The maximum atomic E-state index is 11.7. The Hall–Kier alpha value is -2.44. The quantitative estimate of drug-likeness (QED) is 0.235. The molecule has 0 aromatic heterocycles. The topological polar surface area (TPSA) is 95.7 Å². The van der Waals surface area contributed by atoms with Gasteiger partial charge in [-0.05, 0) is 31.1 Å². The minimum atomic E-state index is -0.584. The van der Waals surface area contributed by atoms with Gasteiger partial charge in [0, 0.05) is 30.8 Å². The number of hydrogen-bond acceptors (Lipinski definition) is 6. The summed E-state index contributed by atoms with van der Waals surface area (Å²) >= 11 is 0. The molecule has 2 atom stereocenters. The molecule has 0 aromatic rings. The lowest BCUT2D eigenvalue weighted by Gasteiger charge is -2.14. The third-order valence-electron chi connectivity index (χ3n) is 3.20. The van der Waals surface area contributed by atoms with E-state index in [1.165, 1.54) is 13.0 Å². The van der Waals surface area contributed by atoms with Crippen molar-refractivity contribution in [2.45, 2.75) is 45.3 Å². The Balaban J connectivity index is 2.39. The van der Waals surface area contributed by atoms with Crippen LogP contribution >= 0.6 is 0 Å². The summed E-state index contributed by atoms with van der Waals surface area (Å²) in [6.45, 7) is 3.12. The third kappa shape index (κ3) is 7.94. The van der Waals surface area contributed by atoms with E-state index in [9.17, 15) is 19.7 Å². The standard InChI is InChI=1S/C16H21NO6/c1-12(5-4-10-22-13(2)18)23-16(19)9-8-14-6-3-7-15(11-14)17(20)21/h4-6,8-9,12,15H,3,7,10-11H2,1-2H3/b5-4-,9-8+. The summed E-state index contributed by atoms with van der Waals surface area (Å²) < 4.78 is 9.82. The zero-order valence-electron chi connectivity index (χ0n) is 13.3. The Morgan fingerprint density at radius 3 is 2.91 bits per heavy atom. The average molecular weight is 323 g/mol. The SMILES string of the molecule is CC(=O)OC/C=C\C(C)OC(=O)/C=C/C1=CCCC([N+](=O)[O-])C1. The zero-order valence-corrected chi connectivity index (χ0v) is 13.3. The first kappa shape index (κ1) is 18.6. The fourth-order valence-corrected chi connectivity index (χ4v) is 2.08. The molecule has 0 fully saturated rings. The van der Waals surface area contributed by atoms with Gasteiger partial charge in [0.15, 0.2) is 0 Å². The van der Waals surface area contributed by atoms with Crippen molar-refractivity contribution in [2.24, 2.45) is 0 Å². The molecule has 126 valence electrons. The van der Waals surface area contributed by atoms with E-state index in [2.05, 4.69) is 0 Å². The second-order valence-corrected chi connectivity index (χ2v) is 5.21. The van der Waals surface area contributed by atoms with Crippen molar-refractivity contribution in [2.75, 3.05) is 6.61 Å². The van der Waals surface area contributed by atoms with E-state index in [-0.39, 0.29) is 17.5 Å². The van der Waals surface area contributed by atoms with E-state index < -0.39 is 18.1 Å². The lowest BCUT2D eigenvalue weighted by molar-refractivity contribution is -0.523. The van der Waals surface area contributed by atoms with Crippen molar-refractivity contribution in [1.29, 1.82) is 0 Å². The Bertz CT molecular complexity index is 535. The number of nitro groups is 1. The number of esters is 2. The van der Waals surface area contributed by atoms with E-state index in [4.69, 9.17) is 9.47 Å². The molecule has 0 bridgehead atoms. The first-order valence-corrected chi connectivity index (χ1v) is 7.39. The molecule has 0 radical (unpaired) electrons. The van der Waals surface area contributed by atoms with Crippen LogP contribution in [0.5, 0.6) is 0 Å². The highest BCUT2D eigenvalue weighted by molar-refractivity contribution is 5.82. The second kappa shape index (κ2) is 9.55. The number of allylic oxidation sites excluding steroid dienone is 2. The highest BCUT2D eigenvalue weighted by Crippen LogP contribution is 2.21. The number of carbonyl (C=O) groups is 2. The monoisotopic (exact) mass is 323 g/mol. The Morgan fingerprint density at radius 2 is 2.26 bits per heavy atom. The Morgan fingerprint density at radius 1 is 1.52 bits per heavy atom. The van der Waals surface area contributed by atoms with Crippen molar-refractivity contribution in [3.8, 4) is 0 Å². The molecule has 0 saturated heterocycles. The van der Waals surface area contributed by atoms with Crippen molar-refractivity contribution in [3.63, 3.8) is 0 Å². The molecule has 1 rings (SSSR count). The normalized spacial score (nSPS) is 19.4. The first-order chi connectivity index (χ1) is 10.9. The maximum absolute atomic E-state index is 11.7. The fourth-order valence-electron chi connectivity index (χ4n) is 2.08. The molecule has 7 heteroatoms. The highest BCUT2D eigenvalue weighted by atomic mass is 16.6. The molecular formula is C16H21NO6. The largest absolute Gasteiger partial charge is 0.462 e. The average Bonchev–Trinajstić information content (AvgIpc) is 2.49. The first-order valence-electron chi connectivity index (χ1n) is 7.39. The van der Waals surface area contributed by atoms with Gasteiger partial charge in [-0.25, -0.2) is 4.79 Å². The summed E-state index contributed by atoms with van der Waals surface area (Å²) in [5, 5.41) is 10.8. The molecule has 7 nitrogen and oxygen atoms in total. The van der Waals surface area contributed by atoms with Gasteiger partial charge in [-0.2, -0.15) is 0 Å². The predicted octanol–water partition coefficient (Wildman–Crippen LogP) is 2.35. The van der Waals surface area contributed by atoms with E-state index in [1.807, 2.05) is 6.08 Å². The molecule has 0 aliphatic heterocycles. The van der Waals surface area contributed by atoms with Crippen molar-refractivity contribution < 1.29 is 24.0 Å². The third-order valence-corrected chi connectivity index (χ3v) is 3.20. The van der Waals surface area contributed by atoms with Gasteiger partial charge in [-0.3, -0.25) is 14.9 Å². The number of hydrogen-bond donors (Lipinski definition) is 0. The zero-order chi connectivity index (χ0) is 17.2. The van der Waals surface area contributed by atoms with Gasteiger partial charge >= 0.3 is 11.9 Å². The van der Waals surface area contributed by atoms with Gasteiger partial charge < -0.3 is 9.47 Å². The summed E-state index contributed by atoms with van der Waals surface area (Å²) in [7, 11) is 0. The molecule has 1 aliphatic carbocycles. The number of carbonyl (C=O) groups excluding carboxylic acids is 2. The van der Waals surface area contributed by atoms with Crippen LogP contribution in [0.1, 0.15) is 33.1 Å². The molecule has 0 saturated carbocycles. The maximum Gasteiger partial charge on any atom is 0.331 e. The highest BCUT2D eigenvalue weighted by Gasteiger charge is 2.23. The smallest absolute Gasteiger partial charge is 0.331 e. The summed E-state index contributed by atoms with van der Waals surface area (Å²) in [5.41, 5.74) is 0.771.